The number of carboxylic acids is 1. The van der Waals surface area contributed by atoms with E-state index in [1.54, 1.807) is 13.2 Å². The van der Waals surface area contributed by atoms with Gasteiger partial charge in [-0.05, 0) is 18.2 Å². The Labute approximate surface area is 115 Å². The maximum absolute atomic E-state index is 11.1. The van der Waals surface area contributed by atoms with Crippen LogP contribution < -0.4 is 4.74 Å². The molecular weight excluding hydrogens is 262 g/mol. The number of carbonyl (C=O) groups is 1. The zero-order chi connectivity index (χ0) is 14.5. The van der Waals surface area contributed by atoms with Crippen LogP contribution in [0.15, 0.2) is 24.3 Å². The molecule has 0 spiro atoms. The van der Waals surface area contributed by atoms with Gasteiger partial charge in [-0.15, -0.1) is 0 Å². The Balaban J connectivity index is 2.37. The van der Waals surface area contributed by atoms with E-state index in [-0.39, 0.29) is 11.4 Å². The molecule has 0 saturated carbocycles. The Morgan fingerprint density at radius 2 is 2.10 bits per heavy atom. The molecule has 0 unspecified atom stereocenters. The first-order valence-corrected chi connectivity index (χ1v) is 6.10. The van der Waals surface area contributed by atoms with E-state index in [9.17, 15) is 9.90 Å². The van der Waals surface area contributed by atoms with Crippen molar-refractivity contribution in [3.05, 3.63) is 30.0 Å². The number of carboxylic acid groups (broad SMARTS) is 1. The van der Waals surface area contributed by atoms with Crippen LogP contribution in [0.4, 0.5) is 0 Å². The van der Waals surface area contributed by atoms with E-state index in [4.69, 9.17) is 14.6 Å². The summed E-state index contributed by atoms with van der Waals surface area (Å²) >= 11 is 0. The van der Waals surface area contributed by atoms with E-state index in [0.29, 0.717) is 36.3 Å². The zero-order valence-electron chi connectivity index (χ0n) is 11.0. The maximum Gasteiger partial charge on any atom is 0.354 e. The number of methoxy groups -OCH3 is 1. The quantitative estimate of drug-likeness (QED) is 0.785. The molecule has 1 aromatic carbocycles. The van der Waals surface area contributed by atoms with Crippen molar-refractivity contribution in [1.29, 1.82) is 0 Å². The Kier molecular flexibility index (Phi) is 4.37. The van der Waals surface area contributed by atoms with E-state index < -0.39 is 5.97 Å². The molecular formula is C14H15NO5. The minimum Gasteiger partial charge on any atom is -0.508 e. The summed E-state index contributed by atoms with van der Waals surface area (Å²) in [5.41, 5.74) is 0.370. The molecule has 6 heteroatoms. The van der Waals surface area contributed by atoms with Gasteiger partial charge in [0.25, 0.3) is 0 Å². The number of ether oxygens (including phenoxy) is 2. The first kappa shape index (κ1) is 14.1. The summed E-state index contributed by atoms with van der Waals surface area (Å²) in [6.45, 7) is 0.946. The van der Waals surface area contributed by atoms with Gasteiger partial charge in [0.1, 0.15) is 11.5 Å². The maximum atomic E-state index is 11.1. The molecule has 0 aliphatic rings. The van der Waals surface area contributed by atoms with Gasteiger partial charge in [0.05, 0.1) is 12.1 Å². The predicted octanol–water partition coefficient (Wildman–Crippen LogP) is 2.05. The number of aromatic carboxylic acids is 1. The van der Waals surface area contributed by atoms with Crippen LogP contribution >= 0.6 is 0 Å². The smallest absolute Gasteiger partial charge is 0.354 e. The van der Waals surface area contributed by atoms with Crippen molar-refractivity contribution in [2.24, 2.45) is 0 Å². The Hall–Kier alpha value is -2.34. The number of rotatable bonds is 6. The Bertz CT molecular complexity index is 626. The summed E-state index contributed by atoms with van der Waals surface area (Å²) < 4.78 is 10.5. The van der Waals surface area contributed by atoms with Crippen LogP contribution in [0.1, 0.15) is 16.9 Å². The molecule has 2 N–H and O–H groups in total. The first-order valence-electron chi connectivity index (χ1n) is 6.10. The topological polar surface area (TPSA) is 88.9 Å². The third-order valence-electron chi connectivity index (χ3n) is 2.72. The van der Waals surface area contributed by atoms with E-state index >= 15 is 0 Å². The van der Waals surface area contributed by atoms with Gasteiger partial charge < -0.3 is 19.7 Å². The third-order valence-corrected chi connectivity index (χ3v) is 2.72. The van der Waals surface area contributed by atoms with Crippen LogP contribution in [0.3, 0.4) is 0 Å². The van der Waals surface area contributed by atoms with Gasteiger partial charge in [0, 0.05) is 31.6 Å². The van der Waals surface area contributed by atoms with Gasteiger partial charge in [-0.1, -0.05) is 0 Å². The highest BCUT2D eigenvalue weighted by Crippen LogP contribution is 2.28. The molecule has 0 aliphatic carbocycles. The SMILES string of the molecule is COCCCOc1cc(C(=O)O)nc2ccc(O)cc12. The third kappa shape index (κ3) is 3.16. The largest absolute Gasteiger partial charge is 0.508 e. The minimum atomic E-state index is -1.12. The lowest BCUT2D eigenvalue weighted by Gasteiger charge is -2.10. The molecule has 6 nitrogen and oxygen atoms in total. The highest BCUT2D eigenvalue weighted by molar-refractivity contribution is 5.93. The lowest BCUT2D eigenvalue weighted by molar-refractivity contribution is 0.0690. The highest BCUT2D eigenvalue weighted by Gasteiger charge is 2.12. The molecule has 1 aromatic heterocycles. The molecule has 0 fully saturated rings. The Morgan fingerprint density at radius 3 is 2.80 bits per heavy atom. The average Bonchev–Trinajstić information content (AvgIpc) is 2.43. The number of hydrogen-bond donors (Lipinski definition) is 2. The summed E-state index contributed by atoms with van der Waals surface area (Å²) in [5, 5.41) is 19.1. The summed E-state index contributed by atoms with van der Waals surface area (Å²) in [5.74, 6) is -0.662. The number of nitrogens with zero attached hydrogens (tertiary/aromatic N) is 1. The molecule has 0 radical (unpaired) electrons. The van der Waals surface area contributed by atoms with Gasteiger partial charge in [0.2, 0.25) is 0 Å². The van der Waals surface area contributed by atoms with Crippen molar-refractivity contribution < 1.29 is 24.5 Å². The van der Waals surface area contributed by atoms with Gasteiger partial charge >= 0.3 is 5.97 Å². The average molecular weight is 277 g/mol. The monoisotopic (exact) mass is 277 g/mol. The predicted molar refractivity (Wildman–Crippen MR) is 72.4 cm³/mol. The van der Waals surface area contributed by atoms with E-state index in [0.717, 1.165) is 0 Å². The second-order valence-electron chi connectivity index (χ2n) is 4.21. The summed E-state index contributed by atoms with van der Waals surface area (Å²) in [7, 11) is 1.60. The number of pyridine rings is 1. The second kappa shape index (κ2) is 6.21. The normalized spacial score (nSPS) is 10.7. The molecule has 1 heterocycles. The van der Waals surface area contributed by atoms with Crippen LogP contribution in [0, 0.1) is 0 Å². The molecule has 0 saturated heterocycles. The van der Waals surface area contributed by atoms with Crippen molar-refractivity contribution >= 4 is 16.9 Å². The van der Waals surface area contributed by atoms with Crippen LogP contribution in [0.2, 0.25) is 0 Å². The highest BCUT2D eigenvalue weighted by atomic mass is 16.5. The van der Waals surface area contributed by atoms with Crippen molar-refractivity contribution in [3.8, 4) is 11.5 Å². The fourth-order valence-electron chi connectivity index (χ4n) is 1.80. The van der Waals surface area contributed by atoms with Crippen LogP contribution in [-0.4, -0.2) is 41.5 Å². The number of benzene rings is 1. The summed E-state index contributed by atoms with van der Waals surface area (Å²) in [6.07, 6.45) is 0.682. The van der Waals surface area contributed by atoms with Gasteiger partial charge in [0.15, 0.2) is 5.69 Å². The van der Waals surface area contributed by atoms with Crippen molar-refractivity contribution in [2.45, 2.75) is 6.42 Å². The van der Waals surface area contributed by atoms with Crippen LogP contribution in [0.5, 0.6) is 11.5 Å². The lowest BCUT2D eigenvalue weighted by atomic mass is 10.1. The first-order chi connectivity index (χ1) is 9.61. The van der Waals surface area contributed by atoms with Gasteiger partial charge in [-0.25, -0.2) is 9.78 Å². The number of aromatic hydroxyl groups is 1. The number of phenolic OH excluding ortho intramolecular Hbond substituents is 1. The number of phenols is 1. The van der Waals surface area contributed by atoms with Gasteiger partial charge in [-0.3, -0.25) is 0 Å². The minimum absolute atomic E-state index is 0.0733. The molecule has 20 heavy (non-hydrogen) atoms. The molecule has 0 bridgehead atoms. The zero-order valence-corrected chi connectivity index (χ0v) is 11.0. The van der Waals surface area contributed by atoms with Crippen LogP contribution in [0.25, 0.3) is 10.9 Å². The van der Waals surface area contributed by atoms with E-state index in [1.807, 2.05) is 0 Å². The molecule has 2 aromatic rings. The lowest BCUT2D eigenvalue weighted by Crippen LogP contribution is -2.05. The molecule has 0 atom stereocenters. The molecule has 0 amide bonds. The van der Waals surface area contributed by atoms with E-state index in [1.165, 1.54) is 18.2 Å². The number of hydrogen-bond acceptors (Lipinski definition) is 5. The summed E-state index contributed by atoms with van der Waals surface area (Å²) in [4.78, 5) is 15.1. The molecule has 2 rings (SSSR count). The van der Waals surface area contributed by atoms with Crippen LogP contribution in [-0.2, 0) is 4.74 Å². The van der Waals surface area contributed by atoms with Gasteiger partial charge in [-0.2, -0.15) is 0 Å². The van der Waals surface area contributed by atoms with Crippen molar-refractivity contribution in [1.82, 2.24) is 4.98 Å². The Morgan fingerprint density at radius 1 is 1.30 bits per heavy atom. The second-order valence-corrected chi connectivity index (χ2v) is 4.21. The molecule has 0 aliphatic heterocycles. The van der Waals surface area contributed by atoms with Crippen molar-refractivity contribution in [2.75, 3.05) is 20.3 Å². The summed E-state index contributed by atoms with van der Waals surface area (Å²) in [6, 6.07) is 5.87. The fraction of sp³-hybridized carbons (Fsp3) is 0.286. The fourth-order valence-corrected chi connectivity index (χ4v) is 1.80. The van der Waals surface area contributed by atoms with E-state index in [2.05, 4.69) is 4.98 Å². The molecule has 106 valence electrons. The standard InChI is InChI=1S/C14H15NO5/c1-19-5-2-6-20-13-8-12(14(17)18)15-11-4-3-9(16)7-10(11)13/h3-4,7-8,16H,2,5-6H2,1H3,(H,17,18). The van der Waals surface area contributed by atoms with Crippen molar-refractivity contribution in [3.63, 3.8) is 0 Å². The number of aromatic nitrogens is 1. The number of fused-ring (bicyclic) bond motifs is 1.